The van der Waals surface area contributed by atoms with E-state index < -0.39 is 11.4 Å². The van der Waals surface area contributed by atoms with Crippen molar-refractivity contribution in [2.24, 2.45) is 5.41 Å². The molecule has 1 aliphatic carbocycles. The molecule has 1 saturated carbocycles. The highest BCUT2D eigenvalue weighted by Gasteiger charge is 2.51. The molecule has 1 aromatic rings. The first-order valence-corrected chi connectivity index (χ1v) is 6.00. The number of carboxylic acid groups (broad SMARTS) is 1. The van der Waals surface area contributed by atoms with Crippen LogP contribution in [0.4, 0.5) is 0 Å². The minimum atomic E-state index is -1.21. The van der Waals surface area contributed by atoms with Crippen LogP contribution in [0, 0.1) is 5.41 Å². The van der Waals surface area contributed by atoms with E-state index in [1.807, 2.05) is 6.92 Å². The zero-order chi connectivity index (χ0) is 13.2. The fourth-order valence-corrected chi connectivity index (χ4v) is 2.14. The average Bonchev–Trinajstić information content (AvgIpc) is 2.28. The summed E-state index contributed by atoms with van der Waals surface area (Å²) >= 11 is 0. The Labute approximate surface area is 105 Å². The van der Waals surface area contributed by atoms with Gasteiger partial charge >= 0.3 is 5.97 Å². The van der Waals surface area contributed by atoms with Gasteiger partial charge in [-0.1, -0.05) is 6.42 Å². The molecular formula is C13H16N2O3. The number of carbonyl (C=O) groups excluding carboxylic acids is 1. The highest BCUT2D eigenvalue weighted by molar-refractivity contribution is 6.02. The molecule has 0 spiro atoms. The number of amides is 1. The summed E-state index contributed by atoms with van der Waals surface area (Å²) in [6, 6.07) is 3.40. The number of hydrogen-bond acceptors (Lipinski definition) is 3. The van der Waals surface area contributed by atoms with Gasteiger partial charge in [0.15, 0.2) is 0 Å². The number of nitrogens with one attached hydrogen (secondary N) is 1. The van der Waals surface area contributed by atoms with Crippen molar-refractivity contribution in [1.82, 2.24) is 10.3 Å². The van der Waals surface area contributed by atoms with Crippen molar-refractivity contribution in [1.29, 1.82) is 0 Å². The maximum Gasteiger partial charge on any atom is 0.319 e. The lowest BCUT2D eigenvalue weighted by atomic mass is 9.68. The lowest BCUT2D eigenvalue weighted by Gasteiger charge is -2.36. The van der Waals surface area contributed by atoms with Gasteiger partial charge in [-0.2, -0.15) is 0 Å². The highest BCUT2D eigenvalue weighted by atomic mass is 16.4. The Bertz CT molecular complexity index is 455. The van der Waals surface area contributed by atoms with Crippen molar-refractivity contribution in [2.75, 3.05) is 0 Å². The smallest absolute Gasteiger partial charge is 0.319 e. The van der Waals surface area contributed by atoms with Crippen LogP contribution in [0.2, 0.25) is 0 Å². The molecule has 1 unspecified atom stereocenters. The van der Waals surface area contributed by atoms with Crippen LogP contribution >= 0.6 is 0 Å². The molecule has 0 radical (unpaired) electrons. The Kier molecular flexibility index (Phi) is 3.32. The summed E-state index contributed by atoms with van der Waals surface area (Å²) in [5.74, 6) is -1.40. The molecule has 0 aliphatic heterocycles. The van der Waals surface area contributed by atoms with E-state index in [1.54, 1.807) is 24.5 Å². The van der Waals surface area contributed by atoms with Gasteiger partial charge in [-0.15, -0.1) is 0 Å². The Balaban J connectivity index is 2.06. The van der Waals surface area contributed by atoms with Crippen LogP contribution in [0.1, 0.15) is 37.8 Å². The van der Waals surface area contributed by atoms with E-state index in [2.05, 4.69) is 10.3 Å². The van der Waals surface area contributed by atoms with Crippen LogP contribution in [-0.2, 0) is 9.59 Å². The van der Waals surface area contributed by atoms with Crippen LogP contribution in [0.3, 0.4) is 0 Å². The number of aliphatic carboxylic acids is 1. The van der Waals surface area contributed by atoms with Crippen LogP contribution < -0.4 is 5.32 Å². The molecule has 5 nitrogen and oxygen atoms in total. The number of pyridine rings is 1. The normalized spacial score (nSPS) is 18.5. The van der Waals surface area contributed by atoms with Gasteiger partial charge in [-0.25, -0.2) is 0 Å². The zero-order valence-electron chi connectivity index (χ0n) is 10.2. The third kappa shape index (κ3) is 2.08. The number of aromatic nitrogens is 1. The number of nitrogens with zero attached hydrogens (tertiary/aromatic N) is 1. The van der Waals surface area contributed by atoms with Crippen molar-refractivity contribution < 1.29 is 14.7 Å². The standard InChI is InChI=1S/C13H16N2O3/c1-9(10-3-7-14-8-4-10)15-11(16)13(12(17)18)5-2-6-13/h3-4,7-9H,2,5-6H2,1H3,(H,15,16)(H,17,18). The Hall–Kier alpha value is -1.91. The molecule has 0 aromatic carbocycles. The summed E-state index contributed by atoms with van der Waals surface area (Å²) in [6.07, 6.45) is 4.94. The van der Waals surface area contributed by atoms with E-state index >= 15 is 0 Å². The molecular weight excluding hydrogens is 232 g/mol. The van der Waals surface area contributed by atoms with Gasteiger partial charge in [0.25, 0.3) is 0 Å². The summed E-state index contributed by atoms with van der Waals surface area (Å²) in [5.41, 5.74) is -0.292. The first kappa shape index (κ1) is 12.5. The van der Waals surface area contributed by atoms with E-state index in [0.717, 1.165) is 12.0 Å². The summed E-state index contributed by atoms with van der Waals surface area (Å²) in [5, 5.41) is 11.9. The lowest BCUT2D eigenvalue weighted by molar-refractivity contribution is -0.162. The minimum Gasteiger partial charge on any atom is -0.480 e. The molecule has 1 fully saturated rings. The Morgan fingerprint density at radius 1 is 1.39 bits per heavy atom. The van der Waals surface area contributed by atoms with Gasteiger partial charge in [0, 0.05) is 12.4 Å². The van der Waals surface area contributed by atoms with E-state index in [9.17, 15) is 9.59 Å². The Morgan fingerprint density at radius 3 is 2.44 bits per heavy atom. The van der Waals surface area contributed by atoms with Gasteiger partial charge in [-0.3, -0.25) is 14.6 Å². The molecule has 1 atom stereocenters. The van der Waals surface area contributed by atoms with Crippen molar-refractivity contribution in [2.45, 2.75) is 32.2 Å². The summed E-state index contributed by atoms with van der Waals surface area (Å²) in [6.45, 7) is 1.83. The quantitative estimate of drug-likeness (QED) is 0.792. The van der Waals surface area contributed by atoms with E-state index in [-0.39, 0.29) is 11.9 Å². The molecule has 2 rings (SSSR count). The summed E-state index contributed by atoms with van der Waals surface area (Å²) < 4.78 is 0. The van der Waals surface area contributed by atoms with Gasteiger partial charge in [0.05, 0.1) is 6.04 Å². The van der Waals surface area contributed by atoms with Crippen LogP contribution in [-0.4, -0.2) is 22.0 Å². The topological polar surface area (TPSA) is 79.3 Å². The molecule has 1 amide bonds. The maximum atomic E-state index is 12.1. The Morgan fingerprint density at radius 2 is 2.00 bits per heavy atom. The highest BCUT2D eigenvalue weighted by Crippen LogP contribution is 2.41. The maximum absolute atomic E-state index is 12.1. The molecule has 96 valence electrons. The van der Waals surface area contributed by atoms with Crippen molar-refractivity contribution in [3.05, 3.63) is 30.1 Å². The molecule has 1 heterocycles. The van der Waals surface area contributed by atoms with E-state index in [4.69, 9.17) is 5.11 Å². The molecule has 18 heavy (non-hydrogen) atoms. The van der Waals surface area contributed by atoms with Gasteiger partial charge in [0.1, 0.15) is 5.41 Å². The van der Waals surface area contributed by atoms with Crippen LogP contribution in [0.15, 0.2) is 24.5 Å². The summed E-state index contributed by atoms with van der Waals surface area (Å²) in [4.78, 5) is 27.2. The number of carbonyl (C=O) groups is 2. The molecule has 5 heteroatoms. The number of hydrogen-bond donors (Lipinski definition) is 2. The van der Waals surface area contributed by atoms with Crippen LogP contribution in [0.25, 0.3) is 0 Å². The summed E-state index contributed by atoms with van der Waals surface area (Å²) in [7, 11) is 0. The fourth-order valence-electron chi connectivity index (χ4n) is 2.14. The van der Waals surface area contributed by atoms with Gasteiger partial charge < -0.3 is 10.4 Å². The second-order valence-corrected chi connectivity index (χ2v) is 4.72. The largest absolute Gasteiger partial charge is 0.480 e. The molecule has 1 aliphatic rings. The average molecular weight is 248 g/mol. The second kappa shape index (κ2) is 4.76. The molecule has 0 saturated heterocycles. The predicted molar refractivity (Wildman–Crippen MR) is 64.7 cm³/mol. The number of carboxylic acids is 1. The van der Waals surface area contributed by atoms with Gasteiger partial charge in [-0.05, 0) is 37.5 Å². The van der Waals surface area contributed by atoms with Crippen molar-refractivity contribution >= 4 is 11.9 Å². The first-order chi connectivity index (χ1) is 8.56. The van der Waals surface area contributed by atoms with Crippen molar-refractivity contribution in [3.63, 3.8) is 0 Å². The first-order valence-electron chi connectivity index (χ1n) is 6.00. The minimum absolute atomic E-state index is 0.211. The lowest BCUT2D eigenvalue weighted by Crippen LogP contribution is -2.51. The zero-order valence-corrected chi connectivity index (χ0v) is 10.2. The SMILES string of the molecule is CC(NC(=O)C1(C(=O)O)CCC1)c1ccncc1. The molecule has 2 N–H and O–H groups in total. The van der Waals surface area contributed by atoms with Crippen molar-refractivity contribution in [3.8, 4) is 0 Å². The third-order valence-electron chi connectivity index (χ3n) is 3.60. The third-order valence-corrected chi connectivity index (χ3v) is 3.60. The molecule has 1 aromatic heterocycles. The van der Waals surface area contributed by atoms with Gasteiger partial charge in [0.2, 0.25) is 5.91 Å². The van der Waals surface area contributed by atoms with Crippen LogP contribution in [0.5, 0.6) is 0 Å². The predicted octanol–water partition coefficient (Wildman–Crippen LogP) is 1.51. The molecule has 0 bridgehead atoms. The monoisotopic (exact) mass is 248 g/mol. The fraction of sp³-hybridized carbons (Fsp3) is 0.462. The second-order valence-electron chi connectivity index (χ2n) is 4.72. The van der Waals surface area contributed by atoms with E-state index in [0.29, 0.717) is 12.8 Å². The number of rotatable bonds is 4. The van der Waals surface area contributed by atoms with E-state index in [1.165, 1.54) is 0 Å².